The van der Waals surface area contributed by atoms with Gasteiger partial charge in [0.25, 0.3) is 5.91 Å². The maximum Gasteiger partial charge on any atom is 0.416 e. The monoisotopic (exact) mass is 545 g/mol. The molecule has 1 N–H and O–H groups in total. The average Bonchev–Trinajstić information content (AvgIpc) is 3.49. The Morgan fingerprint density at radius 3 is 2.59 bits per heavy atom. The molecule has 0 aliphatic carbocycles. The number of hydrogen-bond acceptors (Lipinski definition) is 5. The summed E-state index contributed by atoms with van der Waals surface area (Å²) in [5.41, 5.74) is 1.12. The van der Waals surface area contributed by atoms with Gasteiger partial charge in [-0.15, -0.1) is 0 Å². The van der Waals surface area contributed by atoms with E-state index >= 15 is 4.39 Å². The Labute approximate surface area is 215 Å². The van der Waals surface area contributed by atoms with E-state index in [2.05, 4.69) is 15.3 Å². The van der Waals surface area contributed by atoms with Crippen molar-refractivity contribution in [3.05, 3.63) is 52.2 Å². The molecule has 200 valence electrons. The van der Waals surface area contributed by atoms with Gasteiger partial charge in [0.05, 0.1) is 17.7 Å². The minimum Gasteiger partial charge on any atom is -0.308 e. The molecule has 2 fully saturated rings. The van der Waals surface area contributed by atoms with Crippen LogP contribution < -0.4 is 15.3 Å². The molecule has 7 nitrogen and oxygen atoms in total. The number of halogens is 6. The number of alkyl halides is 3. The normalized spacial score (nSPS) is 18.4. The van der Waals surface area contributed by atoms with Crippen molar-refractivity contribution in [1.29, 1.82) is 0 Å². The maximum absolute atomic E-state index is 15.0. The molecule has 37 heavy (non-hydrogen) atoms. The number of carbonyl (C=O) groups is 2. The van der Waals surface area contributed by atoms with Crippen molar-refractivity contribution in [3.63, 3.8) is 0 Å². The SMILES string of the molecule is Cc1cc(C(F)(F)F)cc(N2NC(=O)CC2C(=O)N(CCCN2CCCC2)c2ccc(F)c(Cl)c2F)n1. The summed E-state index contributed by atoms with van der Waals surface area (Å²) in [6, 6.07) is 2.25. The summed E-state index contributed by atoms with van der Waals surface area (Å²) in [5, 5.41) is 0.172. The summed E-state index contributed by atoms with van der Waals surface area (Å²) in [7, 11) is 0. The van der Waals surface area contributed by atoms with Crippen LogP contribution in [0.15, 0.2) is 24.3 Å². The minimum absolute atomic E-state index is 0.0157. The summed E-state index contributed by atoms with van der Waals surface area (Å²) < 4.78 is 69.1. The number of pyridine rings is 1. The van der Waals surface area contributed by atoms with Gasteiger partial charge < -0.3 is 9.80 Å². The smallest absolute Gasteiger partial charge is 0.308 e. The number of aromatic nitrogens is 1. The zero-order valence-corrected chi connectivity index (χ0v) is 20.7. The number of nitrogens with one attached hydrogen (secondary N) is 1. The fourth-order valence-corrected chi connectivity index (χ4v) is 4.75. The highest BCUT2D eigenvalue weighted by molar-refractivity contribution is 6.31. The Balaban J connectivity index is 1.67. The predicted octanol–water partition coefficient (Wildman–Crippen LogP) is 4.47. The van der Waals surface area contributed by atoms with E-state index in [1.807, 2.05) is 0 Å². The van der Waals surface area contributed by atoms with Crippen molar-refractivity contribution >= 4 is 34.9 Å². The van der Waals surface area contributed by atoms with E-state index in [-0.39, 0.29) is 23.7 Å². The van der Waals surface area contributed by atoms with Crippen LogP contribution in [0.25, 0.3) is 0 Å². The Bertz CT molecular complexity index is 1190. The summed E-state index contributed by atoms with van der Waals surface area (Å²) in [4.78, 5) is 33.4. The zero-order chi connectivity index (χ0) is 26.9. The standard InChI is InChI=1S/C24H25ClF5N5O2/c1-14-11-15(24(28,29)30)12-19(31-14)35-18(13-20(36)32-35)23(37)34(10-4-9-33-7-2-3-8-33)17-6-5-16(26)21(25)22(17)27/h5-6,11-12,18H,2-4,7-10,13H2,1H3,(H,32,36). The molecule has 3 heterocycles. The van der Waals surface area contributed by atoms with Crippen LogP contribution in [0.1, 0.15) is 36.9 Å². The molecule has 1 unspecified atom stereocenters. The number of anilines is 2. The highest BCUT2D eigenvalue weighted by Gasteiger charge is 2.41. The first-order valence-electron chi connectivity index (χ1n) is 11.8. The highest BCUT2D eigenvalue weighted by Crippen LogP contribution is 2.34. The van der Waals surface area contributed by atoms with Crippen LogP contribution >= 0.6 is 11.6 Å². The molecule has 2 amide bonds. The van der Waals surface area contributed by atoms with Crippen molar-refractivity contribution < 1.29 is 31.5 Å². The Morgan fingerprint density at radius 1 is 1.22 bits per heavy atom. The van der Waals surface area contributed by atoms with E-state index in [1.165, 1.54) is 6.92 Å². The number of rotatable bonds is 7. The van der Waals surface area contributed by atoms with E-state index in [4.69, 9.17) is 11.6 Å². The van der Waals surface area contributed by atoms with Gasteiger partial charge in [-0.05, 0) is 70.1 Å². The predicted molar refractivity (Wildman–Crippen MR) is 127 cm³/mol. The Kier molecular flexibility index (Phi) is 7.88. The highest BCUT2D eigenvalue weighted by atomic mass is 35.5. The zero-order valence-electron chi connectivity index (χ0n) is 19.9. The molecule has 2 aliphatic rings. The lowest BCUT2D eigenvalue weighted by molar-refractivity contribution is -0.137. The summed E-state index contributed by atoms with van der Waals surface area (Å²) in [6.45, 7) is 3.80. The minimum atomic E-state index is -4.68. The first-order chi connectivity index (χ1) is 17.5. The fraction of sp³-hybridized carbons (Fsp3) is 0.458. The number of carbonyl (C=O) groups excluding carboxylic acids is 2. The van der Waals surface area contributed by atoms with E-state index in [0.717, 1.165) is 60.1 Å². The van der Waals surface area contributed by atoms with Gasteiger partial charge in [-0.1, -0.05) is 11.6 Å². The summed E-state index contributed by atoms with van der Waals surface area (Å²) in [5.74, 6) is -3.82. The third-order valence-electron chi connectivity index (χ3n) is 6.36. The molecule has 2 aliphatic heterocycles. The molecule has 0 saturated carbocycles. The second-order valence-electron chi connectivity index (χ2n) is 9.06. The van der Waals surface area contributed by atoms with Crippen molar-refractivity contribution in [3.8, 4) is 0 Å². The van der Waals surface area contributed by atoms with Crippen molar-refractivity contribution in [2.24, 2.45) is 0 Å². The van der Waals surface area contributed by atoms with E-state index in [0.29, 0.717) is 13.0 Å². The second kappa shape index (κ2) is 10.8. The molecule has 1 aromatic carbocycles. The van der Waals surface area contributed by atoms with Gasteiger partial charge in [0.2, 0.25) is 5.91 Å². The lowest BCUT2D eigenvalue weighted by atomic mass is 10.1. The topological polar surface area (TPSA) is 68.8 Å². The Hall–Kier alpha value is -2.99. The van der Waals surface area contributed by atoms with Crippen molar-refractivity contribution in [2.75, 3.05) is 36.1 Å². The van der Waals surface area contributed by atoms with Crippen LogP contribution in [0.4, 0.5) is 33.5 Å². The van der Waals surface area contributed by atoms with Crippen LogP contribution in [0, 0.1) is 18.6 Å². The number of nitrogens with zero attached hydrogens (tertiary/aromatic N) is 4. The molecule has 1 aromatic heterocycles. The lowest BCUT2D eigenvalue weighted by Gasteiger charge is -2.31. The molecule has 0 bridgehead atoms. The number of benzene rings is 1. The van der Waals surface area contributed by atoms with Gasteiger partial charge in [-0.3, -0.25) is 20.0 Å². The van der Waals surface area contributed by atoms with Crippen LogP contribution in [-0.4, -0.2) is 53.9 Å². The van der Waals surface area contributed by atoms with Gasteiger partial charge in [0, 0.05) is 12.2 Å². The van der Waals surface area contributed by atoms with Gasteiger partial charge in [-0.25, -0.2) is 13.8 Å². The van der Waals surface area contributed by atoms with Crippen LogP contribution in [-0.2, 0) is 15.8 Å². The van der Waals surface area contributed by atoms with Crippen molar-refractivity contribution in [1.82, 2.24) is 15.3 Å². The molecule has 0 spiro atoms. The largest absolute Gasteiger partial charge is 0.416 e. The molecular formula is C24H25ClF5N5O2. The van der Waals surface area contributed by atoms with Gasteiger partial charge in [0.1, 0.15) is 22.7 Å². The van der Waals surface area contributed by atoms with E-state index < -0.39 is 52.7 Å². The van der Waals surface area contributed by atoms with Crippen LogP contribution in [0.5, 0.6) is 0 Å². The molecular weight excluding hydrogens is 521 g/mol. The fourth-order valence-electron chi connectivity index (χ4n) is 4.59. The number of likely N-dealkylation sites (tertiary alicyclic amines) is 1. The maximum atomic E-state index is 15.0. The number of aryl methyl sites for hydroxylation is 1. The quantitative estimate of drug-likeness (QED) is 0.411. The number of hydrazine groups is 1. The molecule has 13 heteroatoms. The molecule has 0 radical (unpaired) electrons. The lowest BCUT2D eigenvalue weighted by Crippen LogP contribution is -2.50. The van der Waals surface area contributed by atoms with Crippen LogP contribution in [0.3, 0.4) is 0 Å². The van der Waals surface area contributed by atoms with Crippen LogP contribution in [0.2, 0.25) is 5.02 Å². The van der Waals surface area contributed by atoms with Crippen molar-refractivity contribution in [2.45, 2.75) is 44.8 Å². The average molecular weight is 546 g/mol. The van der Waals surface area contributed by atoms with Gasteiger partial charge >= 0.3 is 6.18 Å². The van der Waals surface area contributed by atoms with Gasteiger partial charge in [0.15, 0.2) is 5.82 Å². The third kappa shape index (κ3) is 5.96. The molecule has 1 atom stereocenters. The number of hydrogen-bond donors (Lipinski definition) is 1. The van der Waals surface area contributed by atoms with E-state index in [9.17, 15) is 27.2 Å². The summed E-state index contributed by atoms with van der Waals surface area (Å²) >= 11 is 5.76. The molecule has 2 aromatic rings. The number of amides is 2. The third-order valence-corrected chi connectivity index (χ3v) is 6.71. The van der Waals surface area contributed by atoms with Gasteiger partial charge in [-0.2, -0.15) is 13.2 Å². The Morgan fingerprint density at radius 2 is 1.92 bits per heavy atom. The molecule has 2 saturated heterocycles. The summed E-state index contributed by atoms with van der Waals surface area (Å²) in [6.07, 6.45) is -2.52. The second-order valence-corrected chi connectivity index (χ2v) is 9.44. The first kappa shape index (κ1) is 27.1. The first-order valence-corrected chi connectivity index (χ1v) is 12.2. The van der Waals surface area contributed by atoms with E-state index in [1.54, 1.807) is 0 Å². The molecule has 4 rings (SSSR count).